The van der Waals surface area contributed by atoms with Gasteiger partial charge in [0.15, 0.2) is 0 Å². The molecule has 0 bridgehead atoms. The molecule has 0 aliphatic heterocycles. The van der Waals surface area contributed by atoms with Crippen LogP contribution in [-0.4, -0.2) is 26.2 Å². The monoisotopic (exact) mass is 272 g/mol. The van der Waals surface area contributed by atoms with Crippen LogP contribution in [0.3, 0.4) is 0 Å². The van der Waals surface area contributed by atoms with Gasteiger partial charge in [0, 0.05) is 0 Å². The van der Waals surface area contributed by atoms with Crippen LogP contribution in [0, 0.1) is 0 Å². The Bertz CT molecular complexity index is 314. The van der Waals surface area contributed by atoms with E-state index in [0.717, 1.165) is 16.5 Å². The Labute approximate surface area is 109 Å². The minimum atomic E-state index is 0.0330. The van der Waals surface area contributed by atoms with Crippen LogP contribution in [0.1, 0.15) is 13.3 Å². The molecule has 0 atom stereocenters. The van der Waals surface area contributed by atoms with E-state index < -0.39 is 0 Å². The summed E-state index contributed by atoms with van der Waals surface area (Å²) in [6, 6.07) is 0. The second kappa shape index (κ2) is 14.4. The first kappa shape index (κ1) is 20.8. The second-order valence-electron chi connectivity index (χ2n) is 2.53. The Morgan fingerprint density at radius 1 is 1.24 bits per heavy atom. The number of rotatable bonds is 2. The number of carbonyl (C=O) groups excluding carboxylic acids is 4. The largest absolute Gasteiger partial charge is 0.281 e. The molecule has 0 heterocycles. The molecule has 0 N–H and O–H groups in total. The molecule has 0 aromatic rings. The average Bonchev–Trinajstić information content (AvgIpc) is 2.82. The van der Waals surface area contributed by atoms with Crippen LogP contribution in [0.15, 0.2) is 34.3 Å². The van der Waals surface area contributed by atoms with Crippen molar-refractivity contribution in [3.8, 4) is 0 Å². The minimum absolute atomic E-state index is 0.0330. The van der Waals surface area contributed by atoms with Gasteiger partial charge in [0.25, 0.3) is 20.4 Å². The molecule has 0 spiro atoms. The van der Waals surface area contributed by atoms with Gasteiger partial charge in [-0.1, -0.05) is 0 Å². The summed E-state index contributed by atoms with van der Waals surface area (Å²) >= 11 is 3.33. The molecule has 4 nitrogen and oxygen atoms in total. The first-order chi connectivity index (χ1) is 8.13. The van der Waals surface area contributed by atoms with Crippen LogP contribution in [0.4, 0.5) is 0 Å². The van der Waals surface area contributed by atoms with Crippen molar-refractivity contribution in [2.24, 2.45) is 0 Å². The van der Waals surface area contributed by atoms with Crippen molar-refractivity contribution >= 4 is 26.2 Å². The van der Waals surface area contributed by atoms with Crippen LogP contribution in [0.2, 0.25) is 0 Å². The molecular formula is C12H9MnO4. The fourth-order valence-electron chi connectivity index (χ4n) is 0.909. The summed E-state index contributed by atoms with van der Waals surface area (Å²) in [6.45, 7) is 18.8. The molecule has 0 saturated heterocycles. The summed E-state index contributed by atoms with van der Waals surface area (Å²) < 4.78 is 0.963. The van der Waals surface area contributed by atoms with E-state index >= 15 is 0 Å². The smallest absolute Gasteiger partial charge is 0.281 e. The number of carbonyl (C=O) groups is 1. The van der Waals surface area contributed by atoms with Crippen molar-refractivity contribution in [3.63, 3.8) is 0 Å². The fourth-order valence-corrected chi connectivity index (χ4v) is 1.28. The quantitative estimate of drug-likeness (QED) is 0.548. The van der Waals surface area contributed by atoms with Gasteiger partial charge < -0.3 is 0 Å². The van der Waals surface area contributed by atoms with Crippen LogP contribution in [0.25, 0.3) is 0 Å². The molecule has 88 valence electrons. The molecule has 5 heteroatoms. The number of Topliss-reactive ketones (excluding diaryl/α,β-unsaturated/α-hetero) is 1. The van der Waals surface area contributed by atoms with Gasteiger partial charge in [-0.15, -0.1) is 0 Å². The third kappa shape index (κ3) is 8.25. The summed E-state index contributed by atoms with van der Waals surface area (Å²) in [4.78, 5) is 33.8. The van der Waals surface area contributed by atoms with Crippen molar-refractivity contribution in [1.82, 2.24) is 0 Å². The van der Waals surface area contributed by atoms with Crippen LogP contribution in [0.5, 0.6) is 0 Å². The second-order valence-corrected chi connectivity index (χ2v) is 3.25. The van der Waals surface area contributed by atoms with E-state index in [1.54, 1.807) is 6.92 Å². The molecule has 0 unspecified atom stereocenters. The van der Waals surface area contributed by atoms with E-state index in [-0.39, 0.29) is 5.78 Å². The first-order valence-electron chi connectivity index (χ1n) is 3.99. The molecule has 0 saturated carbocycles. The SMILES string of the molecule is C=C(C)C(=O)C1=[C]([Mn])CC=C1.[C]=O.[C]=O.[C]=O. The van der Waals surface area contributed by atoms with Gasteiger partial charge in [0.2, 0.25) is 0 Å². The number of ketones is 1. The van der Waals surface area contributed by atoms with E-state index in [2.05, 4.69) is 43.0 Å². The zero-order chi connectivity index (χ0) is 14.4. The minimum Gasteiger partial charge on any atom is -0.281 e. The molecule has 1 aliphatic carbocycles. The predicted molar refractivity (Wildman–Crippen MR) is 57.7 cm³/mol. The van der Waals surface area contributed by atoms with Crippen molar-refractivity contribution in [2.75, 3.05) is 0 Å². The molecular weight excluding hydrogens is 263 g/mol. The van der Waals surface area contributed by atoms with Crippen LogP contribution >= 0.6 is 0 Å². The average molecular weight is 272 g/mol. The third-order valence-corrected chi connectivity index (χ3v) is 2.06. The number of hydrogen-bond donors (Lipinski definition) is 0. The summed E-state index contributed by atoms with van der Waals surface area (Å²) in [7, 11) is 0. The maximum absolute atomic E-state index is 11.3. The standard InChI is InChI=1S/C9H9O.3CO.Mn/c1-7(2)9(10)8-5-3-4-6-8;3*1-2;/h3,5H,1,4H2,2H3;;;;. The van der Waals surface area contributed by atoms with Crippen molar-refractivity contribution in [3.05, 3.63) is 34.3 Å². The van der Waals surface area contributed by atoms with Crippen molar-refractivity contribution in [1.29, 1.82) is 0 Å². The Hall–Kier alpha value is -1.58. The van der Waals surface area contributed by atoms with Gasteiger partial charge in [-0.3, -0.25) is 14.4 Å². The topological polar surface area (TPSA) is 68.3 Å². The number of hydrogen-bond acceptors (Lipinski definition) is 4. The van der Waals surface area contributed by atoms with E-state index in [4.69, 9.17) is 14.4 Å². The summed E-state index contributed by atoms with van der Waals surface area (Å²) in [5, 5.41) is 0. The molecule has 0 aromatic carbocycles. The summed E-state index contributed by atoms with van der Waals surface area (Å²) in [6.07, 6.45) is 4.62. The normalized spacial score (nSPS) is 10.9. The van der Waals surface area contributed by atoms with E-state index in [1.807, 2.05) is 12.2 Å². The Morgan fingerprint density at radius 2 is 1.65 bits per heavy atom. The van der Waals surface area contributed by atoms with E-state index in [1.165, 1.54) is 0 Å². The first-order valence-corrected chi connectivity index (χ1v) is 4.58. The van der Waals surface area contributed by atoms with Gasteiger partial charge in [0.05, 0.1) is 0 Å². The molecule has 1 aliphatic rings. The zero-order valence-corrected chi connectivity index (χ0v) is 10.3. The molecule has 0 amide bonds. The van der Waals surface area contributed by atoms with Gasteiger partial charge >= 0.3 is 74.3 Å². The molecule has 0 fully saturated rings. The summed E-state index contributed by atoms with van der Waals surface area (Å²) in [5.74, 6) is 0.0330. The molecule has 0 aromatic heterocycles. The molecule has 17 heavy (non-hydrogen) atoms. The summed E-state index contributed by atoms with van der Waals surface area (Å²) in [5.41, 5.74) is 1.33. The molecule has 1 rings (SSSR count). The Balaban J connectivity index is -0.000000285. The fraction of sp³-hybridized carbons (Fsp3) is 0.167. The maximum Gasteiger partial charge on any atom is 0.281 e. The molecule has 6 radical (unpaired) electrons. The van der Waals surface area contributed by atoms with Gasteiger partial charge in [-0.25, -0.2) is 0 Å². The third-order valence-electron chi connectivity index (χ3n) is 1.51. The van der Waals surface area contributed by atoms with Gasteiger partial charge in [-0.05, 0) is 0 Å². The van der Waals surface area contributed by atoms with Gasteiger partial charge in [0.1, 0.15) is 0 Å². The van der Waals surface area contributed by atoms with E-state index in [0.29, 0.717) is 5.57 Å². The van der Waals surface area contributed by atoms with E-state index in [9.17, 15) is 4.79 Å². The van der Waals surface area contributed by atoms with Crippen LogP contribution in [-0.2, 0) is 35.2 Å². The number of allylic oxidation sites excluding steroid dienone is 5. The Morgan fingerprint density at radius 3 is 1.88 bits per heavy atom. The van der Waals surface area contributed by atoms with Crippen LogP contribution < -0.4 is 0 Å². The van der Waals surface area contributed by atoms with Crippen molar-refractivity contribution < 1.29 is 35.2 Å². The van der Waals surface area contributed by atoms with Gasteiger partial charge in [-0.2, -0.15) is 0 Å². The zero-order valence-electron chi connectivity index (χ0n) is 9.08. The maximum atomic E-state index is 11.3. The predicted octanol–water partition coefficient (Wildman–Crippen LogP) is 0.701. The van der Waals surface area contributed by atoms with Crippen molar-refractivity contribution in [2.45, 2.75) is 13.3 Å². The Kier molecular flexibility index (Phi) is 17.6.